The topological polar surface area (TPSA) is 52.6 Å². The highest BCUT2D eigenvalue weighted by Crippen LogP contribution is 2.42. The maximum absolute atomic E-state index is 12.7. The Kier molecular flexibility index (Phi) is 7.24. The average molecular weight is 561 g/mol. The number of carbonyl (C=O) groups is 1. The van der Waals surface area contributed by atoms with Crippen molar-refractivity contribution in [3.63, 3.8) is 0 Å². The number of hydroxylamine groups is 1. The Labute approximate surface area is 246 Å². The predicted octanol–water partition coefficient (Wildman–Crippen LogP) is 9.15. The molecule has 4 aromatic rings. The molecule has 7 rings (SSSR count). The van der Waals surface area contributed by atoms with Crippen LogP contribution in [0.15, 0.2) is 72.8 Å². The van der Waals surface area contributed by atoms with Gasteiger partial charge in [-0.25, -0.2) is 4.79 Å². The number of benzene rings is 3. The molecular formula is C36H36N2O2S. The number of hydrogen-bond donors (Lipinski definition) is 2. The number of urea groups is 1. The number of amides is 2. The van der Waals surface area contributed by atoms with Gasteiger partial charge in [-0.3, -0.25) is 5.21 Å². The number of aryl methyl sites for hydroxylation is 1. The number of rotatable bonds is 5. The quantitative estimate of drug-likeness (QED) is 0.189. The Hall–Kier alpha value is -3.67. The third kappa shape index (κ3) is 5.25. The van der Waals surface area contributed by atoms with Crippen molar-refractivity contribution in [3.05, 3.63) is 99.9 Å². The van der Waals surface area contributed by atoms with E-state index < -0.39 is 6.03 Å². The molecule has 5 heteroatoms. The van der Waals surface area contributed by atoms with Crippen LogP contribution in [0.2, 0.25) is 0 Å². The summed E-state index contributed by atoms with van der Waals surface area (Å²) in [5.74, 6) is 0.514. The first-order chi connectivity index (χ1) is 20.1. The van der Waals surface area contributed by atoms with Gasteiger partial charge < -0.3 is 5.32 Å². The molecule has 0 aliphatic heterocycles. The molecule has 0 unspecified atom stereocenters. The van der Waals surface area contributed by atoms with Crippen LogP contribution in [0.5, 0.6) is 0 Å². The molecule has 0 radical (unpaired) electrons. The Morgan fingerprint density at radius 3 is 2.56 bits per heavy atom. The molecule has 3 aliphatic carbocycles. The number of allylic oxidation sites excluding steroid dienone is 1. The fraction of sp³-hybridized carbons (Fsp3) is 0.306. The molecule has 41 heavy (non-hydrogen) atoms. The number of anilines is 1. The van der Waals surface area contributed by atoms with Crippen LogP contribution in [-0.4, -0.2) is 17.8 Å². The van der Waals surface area contributed by atoms with Gasteiger partial charge >= 0.3 is 6.03 Å². The number of hydrogen-bond acceptors (Lipinski definition) is 3. The second kappa shape index (κ2) is 11.3. The van der Waals surface area contributed by atoms with Gasteiger partial charge in [-0.05, 0) is 113 Å². The molecule has 0 saturated heterocycles. The van der Waals surface area contributed by atoms with Crippen molar-refractivity contribution in [2.45, 2.75) is 57.8 Å². The standard InChI is InChI=1S/C36H36N2O2S/c39-36(37-23-24-7-2-1-3-8-24)38(40)29-11-6-10-27(22-29)34-19-20-35(41-34)28-15-16-31-26(21-28)14-18-32-30-12-5-4-9-25(30)13-17-33(31)32/h4-6,9-12,14,18-22,24,40H,1-3,7-8,13,15-17,23H2,(H,37,39). The lowest BCUT2D eigenvalue weighted by Gasteiger charge is -2.26. The molecule has 4 nitrogen and oxygen atoms in total. The summed E-state index contributed by atoms with van der Waals surface area (Å²) in [7, 11) is 0. The SMILES string of the molecule is O=C(NCC1CCCCC1)N(O)c1cccc(-c2ccc(C3=Cc4ccc5c(c4CC3)CCc3ccccc3-5)s2)c1. The van der Waals surface area contributed by atoms with E-state index in [0.29, 0.717) is 18.2 Å². The van der Waals surface area contributed by atoms with E-state index in [4.69, 9.17) is 0 Å². The molecule has 1 fully saturated rings. The van der Waals surface area contributed by atoms with Gasteiger partial charge in [-0.15, -0.1) is 11.3 Å². The first kappa shape index (κ1) is 26.2. The number of carbonyl (C=O) groups excluding carboxylic acids is 1. The summed E-state index contributed by atoms with van der Waals surface area (Å²) >= 11 is 1.78. The average Bonchev–Trinajstić information content (AvgIpc) is 3.54. The lowest BCUT2D eigenvalue weighted by atomic mass is 9.78. The number of nitrogens with zero attached hydrogens (tertiary/aromatic N) is 1. The van der Waals surface area contributed by atoms with Crippen LogP contribution in [-0.2, 0) is 19.3 Å². The van der Waals surface area contributed by atoms with Crippen LogP contribution < -0.4 is 10.4 Å². The van der Waals surface area contributed by atoms with E-state index in [1.54, 1.807) is 17.4 Å². The maximum atomic E-state index is 12.7. The minimum atomic E-state index is -0.462. The molecule has 2 N–H and O–H groups in total. The highest BCUT2D eigenvalue weighted by molar-refractivity contribution is 7.16. The zero-order chi connectivity index (χ0) is 27.8. The van der Waals surface area contributed by atoms with Crippen LogP contribution >= 0.6 is 11.3 Å². The van der Waals surface area contributed by atoms with Crippen molar-refractivity contribution in [2.24, 2.45) is 5.92 Å². The zero-order valence-electron chi connectivity index (χ0n) is 23.4. The smallest absolute Gasteiger partial charge is 0.336 e. The van der Waals surface area contributed by atoms with E-state index in [0.717, 1.165) is 54.0 Å². The highest BCUT2D eigenvalue weighted by Gasteiger charge is 2.23. The number of fused-ring (bicyclic) bond motifs is 5. The van der Waals surface area contributed by atoms with Crippen molar-refractivity contribution in [3.8, 4) is 21.6 Å². The molecule has 3 aliphatic rings. The van der Waals surface area contributed by atoms with Crippen LogP contribution in [0.25, 0.3) is 33.2 Å². The van der Waals surface area contributed by atoms with Gasteiger partial charge in [0.15, 0.2) is 0 Å². The fourth-order valence-corrected chi connectivity index (χ4v) is 7.97. The lowest BCUT2D eigenvalue weighted by Crippen LogP contribution is -2.40. The molecule has 1 saturated carbocycles. The first-order valence-electron chi connectivity index (χ1n) is 15.0. The fourth-order valence-electron chi connectivity index (χ4n) is 6.93. The third-order valence-corrected chi connectivity index (χ3v) is 10.4. The molecule has 2 amide bonds. The van der Waals surface area contributed by atoms with Gasteiger partial charge in [0.05, 0.1) is 5.69 Å². The van der Waals surface area contributed by atoms with E-state index in [9.17, 15) is 10.0 Å². The summed E-state index contributed by atoms with van der Waals surface area (Å²) in [6, 6.07) is 25.0. The molecule has 208 valence electrons. The van der Waals surface area contributed by atoms with E-state index in [2.05, 4.69) is 59.9 Å². The number of thiophene rings is 1. The van der Waals surface area contributed by atoms with Gasteiger partial charge in [-0.1, -0.05) is 73.9 Å². The molecule has 0 atom stereocenters. The minimum absolute atomic E-state index is 0.462. The van der Waals surface area contributed by atoms with Crippen LogP contribution in [0.1, 0.15) is 65.7 Å². The van der Waals surface area contributed by atoms with E-state index in [1.165, 1.54) is 63.1 Å². The molecule has 1 aromatic heterocycles. The van der Waals surface area contributed by atoms with Crippen molar-refractivity contribution >= 4 is 34.7 Å². The summed E-state index contributed by atoms with van der Waals surface area (Å²) in [5.41, 5.74) is 11.6. The second-order valence-electron chi connectivity index (χ2n) is 11.7. The Bertz CT molecular complexity index is 1630. The second-order valence-corrected chi connectivity index (χ2v) is 12.8. The molecule has 0 bridgehead atoms. The third-order valence-electron chi connectivity index (χ3n) is 9.15. The largest absolute Gasteiger partial charge is 0.345 e. The minimum Gasteiger partial charge on any atom is -0.336 e. The summed E-state index contributed by atoms with van der Waals surface area (Å²) in [5, 5.41) is 14.3. The number of nitrogens with one attached hydrogen (secondary N) is 1. The first-order valence-corrected chi connectivity index (χ1v) is 15.9. The normalized spacial score (nSPS) is 16.3. The van der Waals surface area contributed by atoms with E-state index in [1.807, 2.05) is 18.2 Å². The summed E-state index contributed by atoms with van der Waals surface area (Å²) in [6.07, 6.45) is 12.8. The maximum Gasteiger partial charge on any atom is 0.345 e. The highest BCUT2D eigenvalue weighted by atomic mass is 32.1. The molecule has 0 spiro atoms. The van der Waals surface area contributed by atoms with E-state index >= 15 is 0 Å². The molecule has 3 aromatic carbocycles. The Morgan fingerprint density at radius 2 is 1.66 bits per heavy atom. The molecular weight excluding hydrogens is 524 g/mol. The van der Waals surface area contributed by atoms with Gasteiger partial charge in [0.1, 0.15) is 0 Å². The molecule has 1 heterocycles. The Morgan fingerprint density at radius 1 is 0.829 bits per heavy atom. The predicted molar refractivity (Wildman–Crippen MR) is 169 cm³/mol. The monoisotopic (exact) mass is 560 g/mol. The summed E-state index contributed by atoms with van der Waals surface area (Å²) in [4.78, 5) is 15.1. The van der Waals surface area contributed by atoms with Crippen LogP contribution in [0, 0.1) is 5.92 Å². The van der Waals surface area contributed by atoms with Crippen molar-refractivity contribution in [1.29, 1.82) is 0 Å². The lowest BCUT2D eigenvalue weighted by molar-refractivity contribution is 0.201. The van der Waals surface area contributed by atoms with Gasteiger partial charge in [0, 0.05) is 16.3 Å². The van der Waals surface area contributed by atoms with Crippen molar-refractivity contribution < 1.29 is 10.0 Å². The summed E-state index contributed by atoms with van der Waals surface area (Å²) < 4.78 is 0. The van der Waals surface area contributed by atoms with Crippen molar-refractivity contribution in [1.82, 2.24) is 5.32 Å². The van der Waals surface area contributed by atoms with Crippen molar-refractivity contribution in [2.75, 3.05) is 11.6 Å². The van der Waals surface area contributed by atoms with Gasteiger partial charge in [0.2, 0.25) is 0 Å². The zero-order valence-corrected chi connectivity index (χ0v) is 24.2. The van der Waals surface area contributed by atoms with Crippen LogP contribution in [0.4, 0.5) is 10.5 Å². The van der Waals surface area contributed by atoms with E-state index in [-0.39, 0.29) is 0 Å². The van der Waals surface area contributed by atoms with Gasteiger partial charge in [0.25, 0.3) is 0 Å². The Balaban J connectivity index is 1.08. The van der Waals surface area contributed by atoms with Gasteiger partial charge in [-0.2, -0.15) is 5.06 Å². The summed E-state index contributed by atoms with van der Waals surface area (Å²) in [6.45, 7) is 0.623. The van der Waals surface area contributed by atoms with Crippen LogP contribution in [0.3, 0.4) is 0 Å².